The van der Waals surface area contributed by atoms with Gasteiger partial charge >= 0.3 is 13.0 Å². The fourth-order valence-corrected chi connectivity index (χ4v) is 9.66. The van der Waals surface area contributed by atoms with E-state index in [1.54, 1.807) is 6.08 Å². The lowest BCUT2D eigenvalue weighted by molar-refractivity contribution is -0.193. The number of aliphatic carboxylic acids is 1. The van der Waals surface area contributed by atoms with Crippen molar-refractivity contribution in [2.45, 2.75) is 72.0 Å². The second-order valence-corrected chi connectivity index (χ2v) is 15.4. The minimum Gasteiger partial charge on any atom is -0.478 e. The summed E-state index contributed by atoms with van der Waals surface area (Å²) in [5, 5.41) is 36.9. The quantitative estimate of drug-likeness (QED) is 0.325. The summed E-state index contributed by atoms with van der Waals surface area (Å²) in [5.74, 6) is -4.63. The average molecular weight is 619 g/mol. The zero-order valence-corrected chi connectivity index (χ0v) is 26.0. The first-order valence-corrected chi connectivity index (χ1v) is 16.6. The van der Waals surface area contributed by atoms with Gasteiger partial charge in [-0.1, -0.05) is 33.8 Å². The molecule has 3 aliphatic carbocycles. The zero-order valence-electron chi connectivity index (χ0n) is 25.2. The third-order valence-electron chi connectivity index (χ3n) is 11.6. The lowest BCUT2D eigenvalue weighted by Crippen LogP contribution is -2.63. The summed E-state index contributed by atoms with van der Waals surface area (Å²) in [6.45, 7) is 11.8. The molecule has 3 fully saturated rings. The van der Waals surface area contributed by atoms with Gasteiger partial charge in [0.25, 0.3) is 0 Å². The summed E-state index contributed by atoms with van der Waals surface area (Å²) in [6, 6.07) is 2.59. The van der Waals surface area contributed by atoms with Crippen LogP contribution in [-0.4, -0.2) is 71.5 Å². The monoisotopic (exact) mass is 618 g/mol. The van der Waals surface area contributed by atoms with E-state index in [-0.39, 0.29) is 29.6 Å². The Labute approximate surface area is 252 Å². The van der Waals surface area contributed by atoms with Crippen LogP contribution in [0.25, 0.3) is 0 Å². The van der Waals surface area contributed by atoms with E-state index < -0.39 is 80.4 Å². The maximum atomic E-state index is 16.1. The van der Waals surface area contributed by atoms with Crippen LogP contribution in [0.15, 0.2) is 29.9 Å². The van der Waals surface area contributed by atoms with E-state index in [0.29, 0.717) is 17.2 Å². The number of hydrogen-bond donors (Lipinski definition) is 3. The van der Waals surface area contributed by atoms with E-state index in [9.17, 15) is 33.2 Å². The zero-order chi connectivity index (χ0) is 31.9. The average Bonchev–Trinajstić information content (AvgIpc) is 3.29. The van der Waals surface area contributed by atoms with Crippen molar-refractivity contribution in [1.29, 1.82) is 0 Å². The number of Topliss-reactive ketones (excluding diaryl/α,β-unsaturated/α-hetero) is 1. The number of fused-ring (bicyclic) bond motifs is 1. The predicted molar refractivity (Wildman–Crippen MR) is 159 cm³/mol. The first kappa shape index (κ1) is 31.7. The molecule has 10 nitrogen and oxygen atoms in total. The minimum absolute atomic E-state index is 0.0488. The highest BCUT2D eigenvalue weighted by Gasteiger charge is 2.69. The lowest BCUT2D eigenvalue weighted by Gasteiger charge is -2.63. The fraction of sp³-hybridized carbons (Fsp3) is 0.633. The number of aliphatic hydroxyl groups excluding tert-OH is 1. The topological polar surface area (TPSA) is 154 Å². The molecule has 0 amide bonds. The number of carboxylic acid groups (broad SMARTS) is 1. The number of carboxylic acids is 1. The van der Waals surface area contributed by atoms with Gasteiger partial charge in [0.1, 0.15) is 5.78 Å². The van der Waals surface area contributed by atoms with Gasteiger partial charge in [0.2, 0.25) is 10.0 Å². The SMILES string of the molecule is C=C[C@]1(C)C[C@@H](C(Oc2ccc3c(c2F)B(O)N(S(C)(=O)=O)N=C3)C(=O)O)[C@@]2(C)[C@H](C)CC[C@]3(CCC(=O)[C@H]32)[C@@H](C)[C@@H]1O. The summed E-state index contributed by atoms with van der Waals surface area (Å²) >= 11 is 0. The number of ketones is 1. The minimum atomic E-state index is -4.05. The van der Waals surface area contributed by atoms with Gasteiger partial charge in [-0.25, -0.2) is 21.9 Å². The van der Waals surface area contributed by atoms with Gasteiger partial charge in [-0.05, 0) is 66.0 Å². The molecular formula is C30H40BFN2O8S. The number of hydrazone groups is 1. The number of nitrogens with zero attached hydrogens (tertiary/aromatic N) is 2. The van der Waals surface area contributed by atoms with Crippen molar-refractivity contribution in [3.05, 3.63) is 36.2 Å². The highest BCUT2D eigenvalue weighted by Crippen LogP contribution is 2.69. The van der Waals surface area contributed by atoms with E-state index in [4.69, 9.17) is 4.74 Å². The van der Waals surface area contributed by atoms with Crippen LogP contribution >= 0.6 is 0 Å². The number of sulfonamides is 1. The number of aliphatic hydroxyl groups is 1. The molecule has 1 aliphatic heterocycles. The Morgan fingerprint density at radius 2 is 1.98 bits per heavy atom. The lowest BCUT2D eigenvalue weighted by atomic mass is 9.41. The van der Waals surface area contributed by atoms with Gasteiger partial charge in [0.05, 0.1) is 18.6 Å². The number of carbonyl (C=O) groups excluding carboxylic acids is 1. The number of benzene rings is 1. The van der Waals surface area contributed by atoms with Crippen molar-refractivity contribution in [3.8, 4) is 5.75 Å². The molecule has 5 rings (SSSR count). The van der Waals surface area contributed by atoms with E-state index in [1.807, 2.05) is 27.7 Å². The van der Waals surface area contributed by atoms with Crippen molar-refractivity contribution >= 4 is 40.5 Å². The van der Waals surface area contributed by atoms with E-state index >= 15 is 4.39 Å². The molecule has 0 radical (unpaired) electrons. The Morgan fingerprint density at radius 1 is 1.30 bits per heavy atom. The molecule has 1 aromatic rings. The molecular weight excluding hydrogens is 578 g/mol. The van der Waals surface area contributed by atoms with Gasteiger partial charge < -0.3 is 20.0 Å². The second kappa shape index (κ2) is 10.4. The van der Waals surface area contributed by atoms with E-state index in [2.05, 4.69) is 11.7 Å². The molecule has 0 aromatic heterocycles. The third kappa shape index (κ3) is 4.56. The largest absolute Gasteiger partial charge is 0.487 e. The van der Waals surface area contributed by atoms with Crippen LogP contribution in [0, 0.1) is 45.7 Å². The maximum Gasteiger partial charge on any atom is 0.487 e. The number of rotatable bonds is 6. The molecule has 2 bridgehead atoms. The van der Waals surface area contributed by atoms with Crippen LogP contribution in [0.3, 0.4) is 0 Å². The van der Waals surface area contributed by atoms with Crippen LogP contribution in [0.1, 0.15) is 65.4 Å². The van der Waals surface area contributed by atoms with Crippen molar-refractivity contribution < 1.29 is 42.4 Å². The Bertz CT molecular complexity index is 1500. The van der Waals surface area contributed by atoms with Crippen molar-refractivity contribution in [2.75, 3.05) is 6.26 Å². The molecule has 3 saturated carbocycles. The number of ether oxygens (including phenoxy) is 1. The van der Waals surface area contributed by atoms with Gasteiger partial charge in [0.15, 0.2) is 17.7 Å². The standard InChI is InChI=1S/C30H40BFN2O8S/c1-7-28(4)14-19(29(5)16(2)10-12-30(17(3)26(28)36)13-11-20(35)25(29)30)24(27(37)38)42-21-9-8-18-15-33-34(43(6,40)41)31(39)22(18)23(21)32/h7-9,15-17,19,24-26,36,39H,1,10-14H2,2-6H3,(H,37,38)/t16-,17+,19+,24?,25+,26+,28-,29-,30+/m1/s1. The fourth-order valence-electron chi connectivity index (χ4n) is 8.97. The van der Waals surface area contributed by atoms with Crippen LogP contribution in [0.5, 0.6) is 5.75 Å². The van der Waals surface area contributed by atoms with Gasteiger partial charge in [-0.3, -0.25) is 4.79 Å². The third-order valence-corrected chi connectivity index (χ3v) is 12.6. The Morgan fingerprint density at radius 3 is 2.58 bits per heavy atom. The van der Waals surface area contributed by atoms with E-state index in [0.717, 1.165) is 25.3 Å². The first-order valence-electron chi connectivity index (χ1n) is 14.7. The van der Waals surface area contributed by atoms with Crippen molar-refractivity contribution in [3.63, 3.8) is 0 Å². The van der Waals surface area contributed by atoms with Crippen LogP contribution in [0.4, 0.5) is 4.39 Å². The summed E-state index contributed by atoms with van der Waals surface area (Å²) in [7, 11) is -6.04. The Hall–Kier alpha value is -2.77. The highest BCUT2D eigenvalue weighted by atomic mass is 32.2. The second-order valence-electron chi connectivity index (χ2n) is 13.6. The normalized spacial score (nSPS) is 38.0. The Kier molecular flexibility index (Phi) is 7.66. The van der Waals surface area contributed by atoms with Crippen LogP contribution in [-0.2, 0) is 19.6 Å². The molecule has 13 heteroatoms. The van der Waals surface area contributed by atoms with Crippen LogP contribution in [0.2, 0.25) is 0 Å². The van der Waals surface area contributed by atoms with Crippen molar-refractivity contribution in [1.82, 2.24) is 4.33 Å². The molecule has 234 valence electrons. The molecule has 0 spiro atoms. The van der Waals surface area contributed by atoms with Gasteiger partial charge in [-0.2, -0.15) is 5.10 Å². The summed E-state index contributed by atoms with van der Waals surface area (Å²) in [4.78, 5) is 26.8. The first-order chi connectivity index (χ1) is 19.9. The molecule has 3 N–H and O–H groups in total. The van der Waals surface area contributed by atoms with Crippen LogP contribution < -0.4 is 10.2 Å². The summed E-state index contributed by atoms with van der Waals surface area (Å²) in [5.41, 5.74) is -2.65. The smallest absolute Gasteiger partial charge is 0.478 e. The molecule has 9 atom stereocenters. The molecule has 43 heavy (non-hydrogen) atoms. The summed E-state index contributed by atoms with van der Waals surface area (Å²) < 4.78 is 46.7. The van der Waals surface area contributed by atoms with Gasteiger partial charge in [0, 0.05) is 29.1 Å². The molecule has 1 heterocycles. The molecule has 4 aliphatic rings. The van der Waals surface area contributed by atoms with E-state index in [1.165, 1.54) is 12.1 Å². The number of carbonyl (C=O) groups is 2. The van der Waals surface area contributed by atoms with Crippen molar-refractivity contribution in [2.24, 2.45) is 45.0 Å². The number of halogens is 1. The Balaban J connectivity index is 1.65. The summed E-state index contributed by atoms with van der Waals surface area (Å²) in [6.07, 6.45) is 3.51. The predicted octanol–water partition coefficient (Wildman–Crippen LogP) is 2.57. The highest BCUT2D eigenvalue weighted by molar-refractivity contribution is 7.89. The maximum absolute atomic E-state index is 16.1. The van der Waals surface area contributed by atoms with Gasteiger partial charge in [-0.15, -0.1) is 6.58 Å². The molecule has 0 saturated heterocycles. The molecule has 1 aromatic carbocycles. The number of hydrogen-bond acceptors (Lipinski definition) is 8. The molecule has 1 unspecified atom stereocenters.